The van der Waals surface area contributed by atoms with Gasteiger partial charge in [0.25, 0.3) is 0 Å². The molecular formula is C23H26F2N6O. The van der Waals surface area contributed by atoms with Gasteiger partial charge in [0, 0.05) is 37.6 Å². The molecule has 7 nitrogen and oxygen atoms in total. The number of hydrogen-bond donors (Lipinski definition) is 1. The predicted molar refractivity (Wildman–Crippen MR) is 119 cm³/mol. The van der Waals surface area contributed by atoms with Gasteiger partial charge in [-0.05, 0) is 42.3 Å². The summed E-state index contributed by atoms with van der Waals surface area (Å²) in [4.78, 5) is 9.12. The van der Waals surface area contributed by atoms with E-state index in [1.807, 2.05) is 0 Å². The number of aryl methyl sites for hydroxylation is 1. The van der Waals surface area contributed by atoms with Gasteiger partial charge in [-0.25, -0.2) is 13.5 Å². The fraction of sp³-hybridized carbons (Fsp3) is 0.391. The van der Waals surface area contributed by atoms with Crippen molar-refractivity contribution in [2.45, 2.75) is 19.4 Å². The molecule has 2 aliphatic heterocycles. The fourth-order valence-corrected chi connectivity index (χ4v) is 4.15. The molecule has 0 spiro atoms. The Hall–Kier alpha value is -3.04. The number of halogens is 2. The molecule has 3 aromatic rings. The molecule has 9 heteroatoms. The molecule has 0 atom stereocenters. The molecule has 2 aliphatic rings. The van der Waals surface area contributed by atoms with Crippen molar-refractivity contribution in [3.05, 3.63) is 59.9 Å². The Kier molecular flexibility index (Phi) is 5.75. The third-order valence-electron chi connectivity index (χ3n) is 6.13. The summed E-state index contributed by atoms with van der Waals surface area (Å²) in [6.45, 7) is 7.80. The van der Waals surface area contributed by atoms with E-state index in [2.05, 4.69) is 50.3 Å². The van der Waals surface area contributed by atoms with Gasteiger partial charge >= 0.3 is 0 Å². The van der Waals surface area contributed by atoms with Crippen LogP contribution in [0.3, 0.4) is 0 Å². The zero-order valence-corrected chi connectivity index (χ0v) is 18.0. The third-order valence-corrected chi connectivity index (χ3v) is 6.13. The molecule has 1 N–H and O–H groups in total. The fourth-order valence-electron chi connectivity index (χ4n) is 4.15. The highest BCUT2D eigenvalue weighted by Crippen LogP contribution is 2.27. The number of benzene rings is 2. The van der Waals surface area contributed by atoms with Crippen LogP contribution < -0.4 is 10.2 Å². The molecule has 0 amide bonds. The number of nitrogens with zero attached hydrogens (tertiary/aromatic N) is 5. The Balaban J connectivity index is 1.32. The number of ether oxygens (including phenoxy) is 1. The van der Waals surface area contributed by atoms with Crippen LogP contribution in [0.2, 0.25) is 0 Å². The lowest BCUT2D eigenvalue weighted by Gasteiger charge is -2.43. The minimum absolute atomic E-state index is 0.0169. The molecule has 168 valence electrons. The van der Waals surface area contributed by atoms with Crippen LogP contribution in [0.1, 0.15) is 12.5 Å². The average Bonchev–Trinajstić information content (AvgIpc) is 3.23. The van der Waals surface area contributed by atoms with Crippen LogP contribution in [0.25, 0.3) is 5.69 Å². The van der Waals surface area contributed by atoms with Crippen molar-refractivity contribution >= 4 is 17.3 Å². The van der Waals surface area contributed by atoms with E-state index in [1.165, 1.54) is 28.7 Å². The number of piperazine rings is 1. The lowest BCUT2D eigenvalue weighted by atomic mass is 10.1. The monoisotopic (exact) mass is 440 g/mol. The summed E-state index contributed by atoms with van der Waals surface area (Å²) in [5, 5.41) is 7.49. The second-order valence-corrected chi connectivity index (χ2v) is 8.17. The molecule has 0 saturated carbocycles. The summed E-state index contributed by atoms with van der Waals surface area (Å²) in [6.07, 6.45) is 2.27. The van der Waals surface area contributed by atoms with E-state index < -0.39 is 11.6 Å². The molecule has 0 unspecified atom stereocenters. The summed E-state index contributed by atoms with van der Waals surface area (Å²) in [6, 6.07) is 10.9. The largest absolute Gasteiger partial charge is 0.378 e. The van der Waals surface area contributed by atoms with Gasteiger partial charge in [0.05, 0.1) is 19.3 Å². The van der Waals surface area contributed by atoms with Crippen LogP contribution in [0, 0.1) is 11.6 Å². The number of hydrogen-bond acceptors (Lipinski definition) is 6. The summed E-state index contributed by atoms with van der Waals surface area (Å²) >= 11 is 0. The second-order valence-electron chi connectivity index (χ2n) is 8.17. The van der Waals surface area contributed by atoms with E-state index >= 15 is 0 Å². The molecule has 1 aromatic heterocycles. The standard InChI is InChI=1S/C23H26F2N6O/c1-2-16-10-17(12-18(11-16)29-6-8-30(9-7-29)19-13-32-14-19)27-23-26-15-31(28-23)21-5-3-4-20(24)22(21)25/h3-5,10-12,15,19H,2,6-9,13-14H2,1H3,(H,27,28). The van der Waals surface area contributed by atoms with Gasteiger partial charge in [0.15, 0.2) is 11.6 Å². The minimum Gasteiger partial charge on any atom is -0.378 e. The van der Waals surface area contributed by atoms with Crippen LogP contribution in [0.15, 0.2) is 42.7 Å². The van der Waals surface area contributed by atoms with Crippen molar-refractivity contribution in [2.75, 3.05) is 49.6 Å². The van der Waals surface area contributed by atoms with Crippen molar-refractivity contribution in [1.82, 2.24) is 19.7 Å². The number of anilines is 3. The first kappa shape index (κ1) is 20.8. The summed E-state index contributed by atoms with van der Waals surface area (Å²) in [5.41, 5.74) is 3.25. The van der Waals surface area contributed by atoms with E-state index in [1.54, 1.807) is 0 Å². The predicted octanol–water partition coefficient (Wildman–Crippen LogP) is 3.37. The van der Waals surface area contributed by atoms with Crippen molar-refractivity contribution in [3.63, 3.8) is 0 Å². The molecule has 2 fully saturated rings. The van der Waals surface area contributed by atoms with Crippen LogP contribution in [-0.2, 0) is 11.2 Å². The lowest BCUT2D eigenvalue weighted by molar-refractivity contribution is -0.0660. The SMILES string of the molecule is CCc1cc(Nc2ncn(-c3cccc(F)c3F)n2)cc(N2CCN(C3COC3)CC2)c1. The molecule has 3 heterocycles. The first-order valence-corrected chi connectivity index (χ1v) is 10.9. The van der Waals surface area contributed by atoms with Gasteiger partial charge < -0.3 is 15.0 Å². The average molecular weight is 440 g/mol. The van der Waals surface area contributed by atoms with Crippen molar-refractivity contribution in [1.29, 1.82) is 0 Å². The van der Waals surface area contributed by atoms with Crippen molar-refractivity contribution < 1.29 is 13.5 Å². The third kappa shape index (κ3) is 4.18. The Bertz CT molecular complexity index is 1090. The van der Waals surface area contributed by atoms with Crippen molar-refractivity contribution in [2.24, 2.45) is 0 Å². The highest BCUT2D eigenvalue weighted by Gasteiger charge is 2.29. The molecule has 2 aromatic carbocycles. The normalized spacial score (nSPS) is 17.4. The smallest absolute Gasteiger partial charge is 0.246 e. The maximum atomic E-state index is 14.1. The summed E-state index contributed by atoms with van der Waals surface area (Å²) in [5.74, 6) is -1.55. The zero-order valence-electron chi connectivity index (χ0n) is 18.0. The summed E-state index contributed by atoms with van der Waals surface area (Å²) in [7, 11) is 0. The molecule has 5 rings (SSSR count). The number of nitrogens with one attached hydrogen (secondary N) is 1. The Morgan fingerprint density at radius 2 is 1.91 bits per heavy atom. The van der Waals surface area contributed by atoms with Gasteiger partial charge in [-0.2, -0.15) is 4.98 Å². The number of rotatable bonds is 6. The molecule has 0 bridgehead atoms. The van der Waals surface area contributed by atoms with E-state index in [-0.39, 0.29) is 5.69 Å². The Morgan fingerprint density at radius 1 is 1.09 bits per heavy atom. The van der Waals surface area contributed by atoms with E-state index in [9.17, 15) is 8.78 Å². The molecular weight excluding hydrogens is 414 g/mol. The molecule has 32 heavy (non-hydrogen) atoms. The van der Waals surface area contributed by atoms with Crippen LogP contribution in [-0.4, -0.2) is 65.1 Å². The first-order chi connectivity index (χ1) is 15.6. The molecule has 0 aliphatic carbocycles. The van der Waals surface area contributed by atoms with E-state index in [4.69, 9.17) is 4.74 Å². The highest BCUT2D eigenvalue weighted by atomic mass is 19.2. The van der Waals surface area contributed by atoms with Crippen molar-refractivity contribution in [3.8, 4) is 5.69 Å². The second kappa shape index (κ2) is 8.84. The zero-order chi connectivity index (χ0) is 22.1. The van der Waals surface area contributed by atoms with Gasteiger partial charge in [0.2, 0.25) is 5.95 Å². The minimum atomic E-state index is -0.952. The quantitative estimate of drug-likeness (QED) is 0.634. The molecule has 2 saturated heterocycles. The van der Waals surface area contributed by atoms with Gasteiger partial charge in [-0.3, -0.25) is 4.90 Å². The maximum absolute atomic E-state index is 14.1. The highest BCUT2D eigenvalue weighted by molar-refractivity contribution is 5.64. The van der Waals surface area contributed by atoms with E-state index in [0.29, 0.717) is 12.0 Å². The maximum Gasteiger partial charge on any atom is 0.246 e. The van der Waals surface area contributed by atoms with Gasteiger partial charge in [-0.1, -0.05) is 13.0 Å². The van der Waals surface area contributed by atoms with Crippen LogP contribution in [0.5, 0.6) is 0 Å². The molecule has 0 radical (unpaired) electrons. The van der Waals surface area contributed by atoms with E-state index in [0.717, 1.165) is 63.3 Å². The Morgan fingerprint density at radius 3 is 2.62 bits per heavy atom. The lowest BCUT2D eigenvalue weighted by Crippen LogP contribution is -2.56. The number of aromatic nitrogens is 3. The van der Waals surface area contributed by atoms with Crippen LogP contribution in [0.4, 0.5) is 26.1 Å². The summed E-state index contributed by atoms with van der Waals surface area (Å²) < 4.78 is 34.2. The Labute approximate surface area is 185 Å². The first-order valence-electron chi connectivity index (χ1n) is 10.9. The van der Waals surface area contributed by atoms with Crippen LogP contribution >= 0.6 is 0 Å². The topological polar surface area (TPSA) is 58.5 Å². The van der Waals surface area contributed by atoms with Gasteiger partial charge in [-0.15, -0.1) is 5.10 Å². The van der Waals surface area contributed by atoms with Gasteiger partial charge in [0.1, 0.15) is 12.0 Å².